The Hall–Kier alpha value is -2.98. The Morgan fingerprint density at radius 2 is 1.19 bits per heavy atom. The Morgan fingerprint density at radius 1 is 0.654 bits per heavy atom. The van der Waals surface area contributed by atoms with Gasteiger partial charge in [0.2, 0.25) is 0 Å². The molecule has 0 saturated carbocycles. The van der Waals surface area contributed by atoms with Crippen molar-refractivity contribution in [3.05, 3.63) is 78.2 Å². The highest BCUT2D eigenvalue weighted by Gasteiger charge is 2.13. The highest BCUT2D eigenvalue weighted by molar-refractivity contribution is 7.17. The highest BCUT2D eigenvalue weighted by Crippen LogP contribution is 2.37. The number of thiophene rings is 1. The van der Waals surface area contributed by atoms with E-state index in [-0.39, 0.29) is 0 Å². The minimum Gasteiger partial charge on any atom is -0.497 e. The fraction of sp³-hybridized carbons (Fsp3) is 0.0909. The van der Waals surface area contributed by atoms with Crippen LogP contribution in [0.2, 0.25) is 0 Å². The van der Waals surface area contributed by atoms with Crippen LogP contribution < -0.4 is 14.4 Å². The van der Waals surface area contributed by atoms with Gasteiger partial charge in [-0.3, -0.25) is 0 Å². The predicted octanol–water partition coefficient (Wildman–Crippen LogP) is 6.39. The van der Waals surface area contributed by atoms with E-state index in [0.29, 0.717) is 0 Å². The first-order valence-corrected chi connectivity index (χ1v) is 9.22. The molecule has 26 heavy (non-hydrogen) atoms. The van der Waals surface area contributed by atoms with Gasteiger partial charge in [-0.05, 0) is 83.6 Å². The molecule has 0 fully saturated rings. The van der Waals surface area contributed by atoms with Gasteiger partial charge in [0.25, 0.3) is 0 Å². The largest absolute Gasteiger partial charge is 0.497 e. The Morgan fingerprint density at radius 3 is 1.73 bits per heavy atom. The summed E-state index contributed by atoms with van der Waals surface area (Å²) >= 11 is 1.76. The van der Waals surface area contributed by atoms with Gasteiger partial charge in [0.05, 0.1) is 14.2 Å². The van der Waals surface area contributed by atoms with Crippen molar-refractivity contribution in [1.82, 2.24) is 0 Å². The van der Waals surface area contributed by atoms with Gasteiger partial charge < -0.3 is 14.4 Å². The number of ether oxygens (including phenoxy) is 2. The normalized spacial score (nSPS) is 10.7. The Labute approximate surface area is 157 Å². The molecule has 3 aromatic carbocycles. The van der Waals surface area contributed by atoms with Gasteiger partial charge in [-0.2, -0.15) is 0 Å². The van der Waals surface area contributed by atoms with Crippen LogP contribution in [0.25, 0.3) is 10.1 Å². The Kier molecular flexibility index (Phi) is 4.50. The van der Waals surface area contributed by atoms with Crippen molar-refractivity contribution in [2.45, 2.75) is 0 Å². The van der Waals surface area contributed by atoms with Crippen molar-refractivity contribution in [3.8, 4) is 11.5 Å². The third-order valence-corrected chi connectivity index (χ3v) is 5.25. The molecule has 3 nitrogen and oxygen atoms in total. The predicted molar refractivity (Wildman–Crippen MR) is 110 cm³/mol. The number of hydrogen-bond acceptors (Lipinski definition) is 4. The number of benzene rings is 3. The molecule has 0 aliphatic rings. The van der Waals surface area contributed by atoms with Gasteiger partial charge in [0, 0.05) is 21.8 Å². The summed E-state index contributed by atoms with van der Waals surface area (Å²) < 4.78 is 11.9. The zero-order chi connectivity index (χ0) is 17.9. The minimum absolute atomic E-state index is 0.844. The maximum absolute atomic E-state index is 5.30. The van der Waals surface area contributed by atoms with Crippen LogP contribution in [-0.2, 0) is 0 Å². The van der Waals surface area contributed by atoms with E-state index in [0.717, 1.165) is 28.6 Å². The summed E-state index contributed by atoms with van der Waals surface area (Å²) in [6, 6.07) is 24.9. The van der Waals surface area contributed by atoms with Crippen LogP contribution >= 0.6 is 11.3 Å². The second-order valence-corrected chi connectivity index (χ2v) is 6.82. The van der Waals surface area contributed by atoms with Crippen molar-refractivity contribution in [3.63, 3.8) is 0 Å². The molecule has 0 saturated heterocycles. The van der Waals surface area contributed by atoms with Crippen LogP contribution in [0, 0.1) is 0 Å². The standard InChI is InChI=1S/C22H19NO2S/c1-24-20-8-3-17(4-9-20)23(18-5-10-21(25-2)11-6-18)19-7-12-22-16(15-19)13-14-26-22/h3-15H,1-2H3. The molecule has 4 heteroatoms. The fourth-order valence-corrected chi connectivity index (χ4v) is 3.77. The van der Waals surface area contributed by atoms with Crippen molar-refractivity contribution < 1.29 is 9.47 Å². The lowest BCUT2D eigenvalue weighted by atomic mass is 10.1. The summed E-state index contributed by atoms with van der Waals surface area (Å²) in [5.41, 5.74) is 3.27. The van der Waals surface area contributed by atoms with E-state index in [1.54, 1.807) is 25.6 Å². The summed E-state index contributed by atoms with van der Waals surface area (Å²) in [4.78, 5) is 2.23. The van der Waals surface area contributed by atoms with E-state index in [1.807, 2.05) is 24.3 Å². The van der Waals surface area contributed by atoms with Gasteiger partial charge in [-0.15, -0.1) is 11.3 Å². The molecule has 0 N–H and O–H groups in total. The Bertz CT molecular complexity index is 959. The molecular weight excluding hydrogens is 342 g/mol. The number of rotatable bonds is 5. The van der Waals surface area contributed by atoms with E-state index in [1.165, 1.54) is 10.1 Å². The molecule has 4 aromatic rings. The summed E-state index contributed by atoms with van der Waals surface area (Å²) in [5, 5.41) is 3.37. The first-order valence-electron chi connectivity index (χ1n) is 8.34. The average molecular weight is 361 g/mol. The first kappa shape index (κ1) is 16.5. The lowest BCUT2D eigenvalue weighted by Gasteiger charge is -2.26. The molecule has 0 amide bonds. The summed E-state index contributed by atoms with van der Waals surface area (Å²) in [7, 11) is 3.36. The van der Waals surface area contributed by atoms with E-state index in [9.17, 15) is 0 Å². The SMILES string of the molecule is COc1ccc(N(c2ccc(OC)cc2)c2ccc3sccc3c2)cc1. The van der Waals surface area contributed by atoms with Crippen molar-refractivity contribution in [1.29, 1.82) is 0 Å². The second kappa shape index (κ2) is 7.10. The number of fused-ring (bicyclic) bond motifs is 1. The fourth-order valence-electron chi connectivity index (χ4n) is 3.00. The van der Waals surface area contributed by atoms with E-state index in [2.05, 4.69) is 58.8 Å². The lowest BCUT2D eigenvalue weighted by Crippen LogP contribution is -2.09. The lowest BCUT2D eigenvalue weighted by molar-refractivity contribution is 0.415. The number of methoxy groups -OCH3 is 2. The van der Waals surface area contributed by atoms with Gasteiger partial charge in [-0.25, -0.2) is 0 Å². The maximum Gasteiger partial charge on any atom is 0.119 e. The molecule has 1 heterocycles. The topological polar surface area (TPSA) is 21.7 Å². The van der Waals surface area contributed by atoms with E-state index < -0.39 is 0 Å². The molecule has 0 aliphatic heterocycles. The van der Waals surface area contributed by atoms with Crippen molar-refractivity contribution in [2.24, 2.45) is 0 Å². The van der Waals surface area contributed by atoms with Crippen LogP contribution in [0.1, 0.15) is 0 Å². The summed E-state index contributed by atoms with van der Waals surface area (Å²) in [6.07, 6.45) is 0. The highest BCUT2D eigenvalue weighted by atomic mass is 32.1. The molecule has 0 aliphatic carbocycles. The van der Waals surface area contributed by atoms with Gasteiger partial charge in [0.15, 0.2) is 0 Å². The van der Waals surface area contributed by atoms with Crippen LogP contribution in [0.3, 0.4) is 0 Å². The number of anilines is 3. The molecular formula is C22H19NO2S. The van der Waals surface area contributed by atoms with Crippen LogP contribution in [0.5, 0.6) is 11.5 Å². The molecule has 130 valence electrons. The summed E-state index contributed by atoms with van der Waals surface area (Å²) in [6.45, 7) is 0. The molecule has 0 radical (unpaired) electrons. The molecule has 0 bridgehead atoms. The monoisotopic (exact) mass is 361 g/mol. The number of nitrogens with zero attached hydrogens (tertiary/aromatic N) is 1. The second-order valence-electron chi connectivity index (χ2n) is 5.87. The van der Waals surface area contributed by atoms with Crippen LogP contribution in [0.15, 0.2) is 78.2 Å². The Balaban J connectivity index is 1.83. The molecule has 0 atom stereocenters. The molecule has 1 aromatic heterocycles. The zero-order valence-corrected chi connectivity index (χ0v) is 15.5. The smallest absolute Gasteiger partial charge is 0.119 e. The molecule has 4 rings (SSSR count). The third-order valence-electron chi connectivity index (χ3n) is 4.36. The molecule has 0 unspecified atom stereocenters. The van der Waals surface area contributed by atoms with E-state index in [4.69, 9.17) is 9.47 Å². The van der Waals surface area contributed by atoms with Gasteiger partial charge >= 0.3 is 0 Å². The molecule has 0 spiro atoms. The average Bonchev–Trinajstić information content (AvgIpc) is 3.17. The van der Waals surface area contributed by atoms with Crippen molar-refractivity contribution in [2.75, 3.05) is 19.1 Å². The third kappa shape index (κ3) is 3.11. The quantitative estimate of drug-likeness (QED) is 0.411. The van der Waals surface area contributed by atoms with E-state index >= 15 is 0 Å². The van der Waals surface area contributed by atoms with Gasteiger partial charge in [-0.1, -0.05) is 0 Å². The first-order chi connectivity index (χ1) is 12.8. The maximum atomic E-state index is 5.30. The number of hydrogen-bond donors (Lipinski definition) is 0. The van der Waals surface area contributed by atoms with Gasteiger partial charge in [0.1, 0.15) is 11.5 Å². The zero-order valence-electron chi connectivity index (χ0n) is 14.7. The van der Waals surface area contributed by atoms with Crippen LogP contribution in [0.4, 0.5) is 17.1 Å². The minimum atomic E-state index is 0.844. The van der Waals surface area contributed by atoms with Crippen molar-refractivity contribution >= 4 is 38.5 Å². The summed E-state index contributed by atoms with van der Waals surface area (Å²) in [5.74, 6) is 1.69. The van der Waals surface area contributed by atoms with Crippen LogP contribution in [-0.4, -0.2) is 14.2 Å².